The van der Waals surface area contributed by atoms with Crippen LogP contribution in [0.5, 0.6) is 5.75 Å². The van der Waals surface area contributed by atoms with Gasteiger partial charge in [-0.2, -0.15) is 23.4 Å². The SMILES string of the molecule is Cn1nc(C(F)(F)F)cc1-c1n[nH]c2ccc3nc(-c4ccc(O)cc4)c4c(c3c12)CCCC4. The molecular formula is C25H20F3N5O. The summed E-state index contributed by atoms with van der Waals surface area (Å²) in [6.07, 6.45) is -0.765. The monoisotopic (exact) mass is 463 g/mol. The standard InChI is InChI=1S/C25H20F3N5O/c1-33-19(12-20(32-33)25(26,27)28)24-22-18(30-31-24)11-10-17-21(22)15-4-2-3-5-16(15)23(29-17)13-6-8-14(34)9-7-13/h6-12,34H,2-5H2,1H3,(H,30,31). The first-order valence-electron chi connectivity index (χ1n) is 11.0. The summed E-state index contributed by atoms with van der Waals surface area (Å²) in [4.78, 5) is 4.99. The molecule has 172 valence electrons. The van der Waals surface area contributed by atoms with Crippen LogP contribution in [0.1, 0.15) is 29.7 Å². The zero-order valence-corrected chi connectivity index (χ0v) is 18.2. The first kappa shape index (κ1) is 20.7. The maximum absolute atomic E-state index is 13.3. The summed E-state index contributed by atoms with van der Waals surface area (Å²) in [5, 5.41) is 22.5. The zero-order chi connectivity index (χ0) is 23.6. The number of aryl methyl sites for hydroxylation is 2. The molecule has 9 heteroatoms. The molecule has 0 atom stereocenters. The Labute approximate surface area is 192 Å². The van der Waals surface area contributed by atoms with E-state index in [1.54, 1.807) is 12.1 Å². The summed E-state index contributed by atoms with van der Waals surface area (Å²) in [5.74, 6) is 0.192. The summed E-state index contributed by atoms with van der Waals surface area (Å²) >= 11 is 0. The molecule has 6 rings (SSSR count). The van der Waals surface area contributed by atoms with E-state index in [1.165, 1.54) is 11.7 Å². The number of hydrogen-bond donors (Lipinski definition) is 2. The summed E-state index contributed by atoms with van der Waals surface area (Å²) in [5.41, 5.74) is 5.38. The highest BCUT2D eigenvalue weighted by atomic mass is 19.4. The second kappa shape index (κ2) is 7.31. The third kappa shape index (κ3) is 3.14. The fourth-order valence-corrected chi connectivity index (χ4v) is 5.00. The predicted octanol–water partition coefficient (Wildman–Crippen LogP) is 5.78. The van der Waals surface area contributed by atoms with Crippen molar-refractivity contribution < 1.29 is 18.3 Å². The molecule has 0 bridgehead atoms. The fraction of sp³-hybridized carbons (Fsp3) is 0.240. The molecule has 1 aliphatic rings. The highest BCUT2D eigenvalue weighted by Gasteiger charge is 2.35. The first-order valence-corrected chi connectivity index (χ1v) is 11.0. The number of nitrogens with one attached hydrogen (secondary N) is 1. The van der Waals surface area contributed by atoms with E-state index in [0.29, 0.717) is 11.4 Å². The number of aromatic nitrogens is 5. The molecule has 6 nitrogen and oxygen atoms in total. The first-order chi connectivity index (χ1) is 16.3. The molecule has 2 N–H and O–H groups in total. The van der Waals surface area contributed by atoms with Gasteiger partial charge < -0.3 is 5.11 Å². The van der Waals surface area contributed by atoms with Crippen molar-refractivity contribution >= 4 is 21.8 Å². The van der Waals surface area contributed by atoms with Crippen molar-refractivity contribution in [3.63, 3.8) is 0 Å². The van der Waals surface area contributed by atoms with Gasteiger partial charge in [-0.15, -0.1) is 0 Å². The van der Waals surface area contributed by atoms with Gasteiger partial charge in [0.05, 0.1) is 22.4 Å². The molecule has 3 aromatic heterocycles. The van der Waals surface area contributed by atoms with E-state index < -0.39 is 11.9 Å². The van der Waals surface area contributed by atoms with Crippen LogP contribution in [-0.2, 0) is 26.1 Å². The number of alkyl halides is 3. The van der Waals surface area contributed by atoms with Gasteiger partial charge in [0.2, 0.25) is 0 Å². The third-order valence-electron chi connectivity index (χ3n) is 6.55. The fourth-order valence-electron chi connectivity index (χ4n) is 5.00. The smallest absolute Gasteiger partial charge is 0.435 e. The van der Waals surface area contributed by atoms with Crippen LogP contribution >= 0.6 is 0 Å². The topological polar surface area (TPSA) is 79.6 Å². The number of halogens is 3. The van der Waals surface area contributed by atoms with Gasteiger partial charge in [-0.25, -0.2) is 4.98 Å². The van der Waals surface area contributed by atoms with Crippen molar-refractivity contribution in [3.8, 4) is 28.4 Å². The number of phenols is 1. The number of phenolic OH excluding ortho intramolecular Hbond substituents is 1. The maximum atomic E-state index is 13.3. The minimum absolute atomic E-state index is 0.192. The van der Waals surface area contributed by atoms with Crippen molar-refractivity contribution in [2.45, 2.75) is 31.9 Å². The van der Waals surface area contributed by atoms with Crippen molar-refractivity contribution in [2.75, 3.05) is 0 Å². The van der Waals surface area contributed by atoms with Gasteiger partial charge in [-0.1, -0.05) is 0 Å². The van der Waals surface area contributed by atoms with E-state index in [9.17, 15) is 18.3 Å². The molecule has 0 aliphatic heterocycles. The van der Waals surface area contributed by atoms with E-state index in [0.717, 1.165) is 75.9 Å². The molecule has 5 aromatic rings. The highest BCUT2D eigenvalue weighted by molar-refractivity contribution is 6.13. The Morgan fingerprint density at radius 1 is 0.941 bits per heavy atom. The lowest BCUT2D eigenvalue weighted by atomic mass is 9.85. The number of benzene rings is 2. The average Bonchev–Trinajstić information content (AvgIpc) is 3.42. The number of aromatic amines is 1. The van der Waals surface area contributed by atoms with E-state index in [-0.39, 0.29) is 5.75 Å². The van der Waals surface area contributed by atoms with E-state index in [4.69, 9.17) is 4.98 Å². The molecule has 0 radical (unpaired) electrons. The Balaban J connectivity index is 1.66. The van der Waals surface area contributed by atoms with Gasteiger partial charge >= 0.3 is 6.18 Å². The van der Waals surface area contributed by atoms with Crippen molar-refractivity contribution in [1.82, 2.24) is 25.0 Å². The third-order valence-corrected chi connectivity index (χ3v) is 6.55. The normalized spacial score (nSPS) is 14.1. The second-order valence-corrected chi connectivity index (χ2v) is 8.66. The van der Waals surface area contributed by atoms with Gasteiger partial charge in [0.25, 0.3) is 0 Å². The Morgan fingerprint density at radius 2 is 1.68 bits per heavy atom. The summed E-state index contributed by atoms with van der Waals surface area (Å²) in [7, 11) is 1.49. The van der Waals surface area contributed by atoms with Crippen LogP contribution in [-0.4, -0.2) is 30.1 Å². The summed E-state index contributed by atoms with van der Waals surface area (Å²) in [6, 6.07) is 11.8. The predicted molar refractivity (Wildman–Crippen MR) is 122 cm³/mol. The van der Waals surface area contributed by atoms with Crippen LogP contribution in [0.3, 0.4) is 0 Å². The largest absolute Gasteiger partial charge is 0.508 e. The van der Waals surface area contributed by atoms with Crippen LogP contribution in [0, 0.1) is 0 Å². The molecule has 0 spiro atoms. The molecule has 1 aliphatic carbocycles. The molecule has 0 unspecified atom stereocenters. The molecule has 0 saturated carbocycles. The van der Waals surface area contributed by atoms with Gasteiger partial charge in [-0.05, 0) is 79.3 Å². The van der Waals surface area contributed by atoms with Crippen LogP contribution < -0.4 is 0 Å². The highest BCUT2D eigenvalue weighted by Crippen LogP contribution is 2.41. The quantitative estimate of drug-likeness (QED) is 0.348. The van der Waals surface area contributed by atoms with Crippen molar-refractivity contribution in [1.29, 1.82) is 0 Å². The number of H-pyrrole nitrogens is 1. The zero-order valence-electron chi connectivity index (χ0n) is 18.2. The number of hydrogen-bond acceptors (Lipinski definition) is 4. The van der Waals surface area contributed by atoms with Gasteiger partial charge in [0.15, 0.2) is 5.69 Å². The average molecular weight is 463 g/mol. The Bertz CT molecular complexity index is 1560. The maximum Gasteiger partial charge on any atom is 0.435 e. The van der Waals surface area contributed by atoms with Crippen LogP contribution in [0.4, 0.5) is 13.2 Å². The second-order valence-electron chi connectivity index (χ2n) is 8.66. The Hall–Kier alpha value is -3.88. The van der Waals surface area contributed by atoms with E-state index >= 15 is 0 Å². The molecule has 34 heavy (non-hydrogen) atoms. The van der Waals surface area contributed by atoms with Crippen molar-refractivity contribution in [3.05, 3.63) is 59.3 Å². The lowest BCUT2D eigenvalue weighted by Crippen LogP contribution is -2.08. The lowest BCUT2D eigenvalue weighted by molar-refractivity contribution is -0.141. The summed E-state index contributed by atoms with van der Waals surface area (Å²) < 4.78 is 41.2. The number of aromatic hydroxyl groups is 1. The number of rotatable bonds is 2. The summed E-state index contributed by atoms with van der Waals surface area (Å²) in [6.45, 7) is 0. The van der Waals surface area contributed by atoms with E-state index in [2.05, 4.69) is 15.3 Å². The van der Waals surface area contributed by atoms with E-state index in [1.807, 2.05) is 24.3 Å². The Kier molecular flexibility index (Phi) is 4.45. The van der Waals surface area contributed by atoms with Gasteiger partial charge in [-0.3, -0.25) is 9.78 Å². The molecule has 0 saturated heterocycles. The van der Waals surface area contributed by atoms with Crippen LogP contribution in [0.15, 0.2) is 42.5 Å². The molecule has 0 fully saturated rings. The number of pyridine rings is 1. The van der Waals surface area contributed by atoms with Crippen molar-refractivity contribution in [2.24, 2.45) is 7.05 Å². The van der Waals surface area contributed by atoms with Crippen LogP contribution in [0.25, 0.3) is 44.5 Å². The van der Waals surface area contributed by atoms with Gasteiger partial charge in [0, 0.05) is 23.4 Å². The Morgan fingerprint density at radius 3 is 2.38 bits per heavy atom. The number of nitrogens with zero attached hydrogens (tertiary/aromatic N) is 4. The molecule has 2 aromatic carbocycles. The molecular weight excluding hydrogens is 443 g/mol. The lowest BCUT2D eigenvalue weighted by Gasteiger charge is -2.22. The molecule has 0 amide bonds. The van der Waals surface area contributed by atoms with Crippen LogP contribution in [0.2, 0.25) is 0 Å². The molecule has 3 heterocycles. The number of fused-ring (bicyclic) bond motifs is 5. The van der Waals surface area contributed by atoms with Gasteiger partial charge in [0.1, 0.15) is 11.4 Å². The minimum atomic E-state index is -4.54. The minimum Gasteiger partial charge on any atom is -0.508 e.